The highest BCUT2D eigenvalue weighted by molar-refractivity contribution is 9.10. The summed E-state index contributed by atoms with van der Waals surface area (Å²) >= 11 is 5.17. The number of nitrogens with zero attached hydrogens (tertiary/aromatic N) is 1. The molecule has 0 spiro atoms. The first-order valence-electron chi connectivity index (χ1n) is 5.20. The molecule has 0 saturated carbocycles. The Labute approximate surface area is 113 Å². The molecule has 1 aromatic carbocycles. The maximum absolute atomic E-state index is 8.95. The highest BCUT2D eigenvalue weighted by Crippen LogP contribution is 2.23. The van der Waals surface area contributed by atoms with Crippen molar-refractivity contribution in [1.29, 1.82) is 0 Å². The summed E-state index contributed by atoms with van der Waals surface area (Å²) in [6.45, 7) is 0.0977. The van der Waals surface area contributed by atoms with E-state index in [-0.39, 0.29) is 6.61 Å². The van der Waals surface area contributed by atoms with E-state index in [1.807, 2.05) is 30.5 Å². The minimum Gasteiger partial charge on any atom is -0.392 e. The van der Waals surface area contributed by atoms with Crippen LogP contribution in [0.2, 0.25) is 0 Å². The maximum Gasteiger partial charge on any atom is 0.0681 e. The van der Waals surface area contributed by atoms with Crippen LogP contribution >= 0.6 is 27.7 Å². The Morgan fingerprint density at radius 1 is 1.12 bits per heavy atom. The molecule has 0 aliphatic heterocycles. The van der Waals surface area contributed by atoms with E-state index < -0.39 is 0 Å². The van der Waals surface area contributed by atoms with Gasteiger partial charge in [-0.15, -0.1) is 11.8 Å². The van der Waals surface area contributed by atoms with E-state index in [4.69, 9.17) is 5.11 Å². The van der Waals surface area contributed by atoms with E-state index in [0.29, 0.717) is 0 Å². The Hall–Kier alpha value is -0.840. The van der Waals surface area contributed by atoms with Crippen molar-refractivity contribution in [2.75, 3.05) is 0 Å². The van der Waals surface area contributed by atoms with Gasteiger partial charge in [0.15, 0.2) is 0 Å². The van der Waals surface area contributed by atoms with Crippen LogP contribution in [0.4, 0.5) is 0 Å². The molecule has 0 aliphatic carbocycles. The van der Waals surface area contributed by atoms with Crippen molar-refractivity contribution in [2.24, 2.45) is 0 Å². The van der Waals surface area contributed by atoms with Gasteiger partial charge in [-0.3, -0.25) is 4.98 Å². The normalized spacial score (nSPS) is 10.5. The molecule has 2 nitrogen and oxygen atoms in total. The third-order valence-electron chi connectivity index (χ3n) is 2.27. The van der Waals surface area contributed by atoms with Gasteiger partial charge in [-0.1, -0.05) is 12.1 Å². The van der Waals surface area contributed by atoms with Gasteiger partial charge in [-0.25, -0.2) is 0 Å². The third-order valence-corrected chi connectivity index (χ3v) is 3.79. The molecule has 0 atom stereocenters. The fourth-order valence-electron chi connectivity index (χ4n) is 1.39. The smallest absolute Gasteiger partial charge is 0.0681 e. The average molecular weight is 310 g/mol. The molecule has 88 valence electrons. The van der Waals surface area contributed by atoms with Crippen LogP contribution in [-0.4, -0.2) is 10.1 Å². The van der Waals surface area contributed by atoms with E-state index in [2.05, 4.69) is 27.0 Å². The lowest BCUT2D eigenvalue weighted by Crippen LogP contribution is -1.84. The van der Waals surface area contributed by atoms with Gasteiger partial charge < -0.3 is 5.11 Å². The average Bonchev–Trinajstić information content (AvgIpc) is 2.37. The monoisotopic (exact) mass is 309 g/mol. The molecular formula is C13H12BrNOS. The zero-order valence-corrected chi connectivity index (χ0v) is 11.5. The summed E-state index contributed by atoms with van der Waals surface area (Å²) in [5.41, 5.74) is 2.13. The molecule has 0 bridgehead atoms. The van der Waals surface area contributed by atoms with E-state index in [9.17, 15) is 0 Å². The predicted molar refractivity (Wildman–Crippen MR) is 73.9 cm³/mol. The van der Waals surface area contributed by atoms with Crippen molar-refractivity contribution in [2.45, 2.75) is 17.3 Å². The quantitative estimate of drug-likeness (QED) is 0.876. The van der Waals surface area contributed by atoms with Gasteiger partial charge in [0.05, 0.1) is 6.61 Å². The highest BCUT2D eigenvalue weighted by atomic mass is 79.9. The molecular weight excluding hydrogens is 298 g/mol. The van der Waals surface area contributed by atoms with Crippen LogP contribution in [-0.2, 0) is 12.4 Å². The molecule has 0 amide bonds. The first-order valence-corrected chi connectivity index (χ1v) is 6.98. The number of benzene rings is 1. The van der Waals surface area contributed by atoms with Gasteiger partial charge in [-0.05, 0) is 45.3 Å². The standard InChI is InChI=1S/C13H12BrNOS/c14-12-5-11(6-15-7-12)9-17-13-3-1-10(8-16)2-4-13/h1-7,16H,8-9H2. The van der Waals surface area contributed by atoms with Gasteiger partial charge in [0, 0.05) is 27.5 Å². The van der Waals surface area contributed by atoms with E-state index >= 15 is 0 Å². The fourth-order valence-corrected chi connectivity index (χ4v) is 2.62. The van der Waals surface area contributed by atoms with E-state index in [0.717, 1.165) is 15.8 Å². The molecule has 4 heteroatoms. The molecule has 1 N–H and O–H groups in total. The number of hydrogen-bond acceptors (Lipinski definition) is 3. The second-order valence-corrected chi connectivity index (χ2v) is 5.57. The summed E-state index contributed by atoms with van der Waals surface area (Å²) in [5, 5.41) is 8.95. The molecule has 0 aliphatic rings. The predicted octanol–water partition coefficient (Wildman–Crippen LogP) is 3.63. The van der Waals surface area contributed by atoms with Crippen molar-refractivity contribution in [3.63, 3.8) is 0 Å². The second-order valence-electron chi connectivity index (χ2n) is 3.60. The molecule has 1 heterocycles. The second kappa shape index (κ2) is 6.19. The lowest BCUT2D eigenvalue weighted by Gasteiger charge is -2.03. The molecule has 0 unspecified atom stereocenters. The molecule has 0 radical (unpaired) electrons. The Kier molecular flexibility index (Phi) is 4.59. The lowest BCUT2D eigenvalue weighted by atomic mass is 10.2. The lowest BCUT2D eigenvalue weighted by molar-refractivity contribution is 0.282. The number of hydrogen-bond donors (Lipinski definition) is 1. The van der Waals surface area contributed by atoms with Gasteiger partial charge in [0.1, 0.15) is 0 Å². The number of pyridine rings is 1. The zero-order chi connectivity index (χ0) is 12.1. The summed E-state index contributed by atoms with van der Waals surface area (Å²) in [6.07, 6.45) is 3.66. The van der Waals surface area contributed by atoms with Crippen LogP contribution < -0.4 is 0 Å². The number of aliphatic hydroxyl groups excluding tert-OH is 1. The highest BCUT2D eigenvalue weighted by Gasteiger charge is 1.98. The topological polar surface area (TPSA) is 33.1 Å². The number of aromatic nitrogens is 1. The molecule has 2 aromatic rings. The Morgan fingerprint density at radius 2 is 1.88 bits per heavy atom. The van der Waals surface area contributed by atoms with Crippen molar-refractivity contribution in [3.8, 4) is 0 Å². The fraction of sp³-hybridized carbons (Fsp3) is 0.154. The summed E-state index contributed by atoms with van der Waals surface area (Å²) in [5.74, 6) is 0.894. The first kappa shape index (κ1) is 12.6. The molecule has 1 aromatic heterocycles. The summed E-state index contributed by atoms with van der Waals surface area (Å²) < 4.78 is 1.01. The number of rotatable bonds is 4. The Morgan fingerprint density at radius 3 is 2.53 bits per heavy atom. The number of halogens is 1. The summed E-state index contributed by atoms with van der Waals surface area (Å²) in [6, 6.07) is 10.0. The van der Waals surface area contributed by atoms with Crippen LogP contribution in [0.25, 0.3) is 0 Å². The number of thioether (sulfide) groups is 1. The first-order chi connectivity index (χ1) is 8.28. The summed E-state index contributed by atoms with van der Waals surface area (Å²) in [4.78, 5) is 5.33. The van der Waals surface area contributed by atoms with E-state index in [1.165, 1.54) is 10.5 Å². The van der Waals surface area contributed by atoms with Gasteiger partial charge >= 0.3 is 0 Å². The van der Waals surface area contributed by atoms with Crippen molar-refractivity contribution in [1.82, 2.24) is 4.98 Å². The third kappa shape index (κ3) is 3.84. The Bertz CT molecular complexity index is 487. The van der Waals surface area contributed by atoms with E-state index in [1.54, 1.807) is 18.0 Å². The molecule has 0 saturated heterocycles. The van der Waals surface area contributed by atoms with Crippen LogP contribution in [0.15, 0.2) is 52.1 Å². The van der Waals surface area contributed by atoms with Crippen molar-refractivity contribution < 1.29 is 5.11 Å². The van der Waals surface area contributed by atoms with Gasteiger partial charge in [-0.2, -0.15) is 0 Å². The van der Waals surface area contributed by atoms with Gasteiger partial charge in [0.2, 0.25) is 0 Å². The van der Waals surface area contributed by atoms with Crippen LogP contribution in [0.5, 0.6) is 0 Å². The molecule has 17 heavy (non-hydrogen) atoms. The van der Waals surface area contributed by atoms with Crippen LogP contribution in [0, 0.1) is 0 Å². The Balaban J connectivity index is 1.97. The summed E-state index contributed by atoms with van der Waals surface area (Å²) in [7, 11) is 0. The number of aliphatic hydroxyl groups is 1. The van der Waals surface area contributed by atoms with Crippen molar-refractivity contribution in [3.05, 3.63) is 58.3 Å². The minimum absolute atomic E-state index is 0.0977. The SMILES string of the molecule is OCc1ccc(SCc2cncc(Br)c2)cc1. The van der Waals surface area contributed by atoms with Crippen LogP contribution in [0.3, 0.4) is 0 Å². The van der Waals surface area contributed by atoms with Crippen LogP contribution in [0.1, 0.15) is 11.1 Å². The largest absolute Gasteiger partial charge is 0.392 e. The zero-order valence-electron chi connectivity index (χ0n) is 9.14. The minimum atomic E-state index is 0.0977. The molecule has 0 fully saturated rings. The van der Waals surface area contributed by atoms with Gasteiger partial charge in [0.25, 0.3) is 0 Å². The molecule has 2 rings (SSSR count). The maximum atomic E-state index is 8.95. The van der Waals surface area contributed by atoms with Crippen molar-refractivity contribution >= 4 is 27.7 Å².